The molecular weight excluding hydrogens is 476 g/mol. The summed E-state index contributed by atoms with van der Waals surface area (Å²) in [5, 5.41) is 3.94. The molecule has 1 atom stereocenters. The number of para-hydroxylation sites is 1. The molecule has 0 unspecified atom stereocenters. The van der Waals surface area contributed by atoms with Crippen molar-refractivity contribution in [3.8, 4) is 17.1 Å². The second kappa shape index (κ2) is 12.2. The Morgan fingerprint density at radius 3 is 2.81 bits per heavy atom. The SMILES string of the molecule is COc1nc2ccccc2cc1-c1cnc([C@H](COCCCC(=O)c2ncco2)NC(=O)CN(C)C)[nH]1. The highest BCUT2D eigenvalue weighted by molar-refractivity contribution is 5.91. The number of benzene rings is 1. The van der Waals surface area contributed by atoms with Crippen molar-refractivity contribution in [3.05, 3.63) is 60.7 Å². The molecule has 0 bridgehead atoms. The number of hydrogen-bond donors (Lipinski definition) is 2. The third-order valence-electron chi connectivity index (χ3n) is 5.54. The minimum atomic E-state index is -0.525. The van der Waals surface area contributed by atoms with E-state index in [1.165, 1.54) is 12.5 Å². The molecule has 4 rings (SSSR count). The number of carbonyl (C=O) groups is 2. The van der Waals surface area contributed by atoms with Gasteiger partial charge in [0.1, 0.15) is 18.1 Å². The number of H-pyrrole nitrogens is 1. The first-order valence-corrected chi connectivity index (χ1v) is 11.9. The number of methoxy groups -OCH3 is 1. The maximum absolute atomic E-state index is 12.5. The minimum absolute atomic E-state index is 0.0931. The first-order valence-electron chi connectivity index (χ1n) is 11.9. The number of aromatic nitrogens is 4. The van der Waals surface area contributed by atoms with E-state index in [9.17, 15) is 9.59 Å². The van der Waals surface area contributed by atoms with Gasteiger partial charge in [0.25, 0.3) is 5.89 Å². The predicted octanol–water partition coefficient (Wildman–Crippen LogP) is 3.02. The average molecular weight is 507 g/mol. The zero-order valence-electron chi connectivity index (χ0n) is 21.1. The molecule has 0 radical (unpaired) electrons. The molecule has 0 saturated carbocycles. The number of carbonyl (C=O) groups excluding carboxylic acids is 2. The number of pyridine rings is 1. The first-order chi connectivity index (χ1) is 17.9. The molecule has 3 aromatic heterocycles. The Morgan fingerprint density at radius 1 is 1.22 bits per heavy atom. The number of imidazole rings is 1. The molecule has 11 heteroatoms. The number of amides is 1. The second-order valence-electron chi connectivity index (χ2n) is 8.72. The van der Waals surface area contributed by atoms with Crippen molar-refractivity contribution in [2.45, 2.75) is 18.9 Å². The van der Waals surface area contributed by atoms with E-state index in [1.807, 2.05) is 44.4 Å². The Bertz CT molecular complexity index is 1330. The lowest BCUT2D eigenvalue weighted by Crippen LogP contribution is -2.38. The van der Waals surface area contributed by atoms with Gasteiger partial charge in [-0.3, -0.25) is 9.59 Å². The van der Waals surface area contributed by atoms with Gasteiger partial charge in [0.15, 0.2) is 0 Å². The van der Waals surface area contributed by atoms with E-state index in [0.29, 0.717) is 30.4 Å². The van der Waals surface area contributed by atoms with Crippen molar-refractivity contribution < 1.29 is 23.5 Å². The first kappa shape index (κ1) is 26.0. The van der Waals surface area contributed by atoms with Gasteiger partial charge in [-0.15, -0.1) is 0 Å². The number of oxazole rings is 1. The summed E-state index contributed by atoms with van der Waals surface area (Å²) < 4.78 is 16.4. The standard InChI is InChI=1S/C26H30N6O5/c1-32(2)15-23(34)29-21(16-36-11-6-9-22(33)26-27-10-12-37-26)24-28-14-20(30-24)18-13-17-7-4-5-8-19(17)31-25(18)35-3/h4-5,7-8,10,12-14,21H,6,9,11,15-16H2,1-3H3,(H,28,30)(H,29,34)/t21-/m0/s1. The van der Waals surface area contributed by atoms with Gasteiger partial charge in [-0.2, -0.15) is 0 Å². The molecule has 0 saturated heterocycles. The fourth-order valence-corrected chi connectivity index (χ4v) is 3.82. The number of nitrogens with one attached hydrogen (secondary N) is 2. The summed E-state index contributed by atoms with van der Waals surface area (Å²) in [5.74, 6) is 0.747. The van der Waals surface area contributed by atoms with Crippen molar-refractivity contribution >= 4 is 22.6 Å². The van der Waals surface area contributed by atoms with Crippen LogP contribution in [0.3, 0.4) is 0 Å². The van der Waals surface area contributed by atoms with Gasteiger partial charge in [-0.1, -0.05) is 18.2 Å². The van der Waals surface area contributed by atoms with Crippen LogP contribution in [0.2, 0.25) is 0 Å². The summed E-state index contributed by atoms with van der Waals surface area (Å²) in [5.41, 5.74) is 2.28. The number of hydrogen-bond acceptors (Lipinski definition) is 9. The number of nitrogens with zero attached hydrogens (tertiary/aromatic N) is 4. The Balaban J connectivity index is 1.46. The van der Waals surface area contributed by atoms with Crippen molar-refractivity contribution in [2.24, 2.45) is 0 Å². The van der Waals surface area contributed by atoms with E-state index >= 15 is 0 Å². The molecule has 3 heterocycles. The average Bonchev–Trinajstić information content (AvgIpc) is 3.59. The van der Waals surface area contributed by atoms with Gasteiger partial charge in [0, 0.05) is 18.4 Å². The summed E-state index contributed by atoms with van der Waals surface area (Å²) >= 11 is 0. The highest BCUT2D eigenvalue weighted by Gasteiger charge is 2.21. The van der Waals surface area contributed by atoms with Gasteiger partial charge >= 0.3 is 0 Å². The highest BCUT2D eigenvalue weighted by atomic mass is 16.5. The van der Waals surface area contributed by atoms with E-state index in [4.69, 9.17) is 13.9 Å². The smallest absolute Gasteiger partial charge is 0.263 e. The second-order valence-corrected chi connectivity index (χ2v) is 8.72. The maximum atomic E-state index is 12.5. The summed E-state index contributed by atoms with van der Waals surface area (Å²) in [7, 11) is 5.21. The summed E-state index contributed by atoms with van der Waals surface area (Å²) in [6, 6.07) is 9.24. The molecule has 0 spiro atoms. The molecule has 0 aliphatic rings. The molecule has 2 N–H and O–H groups in total. The largest absolute Gasteiger partial charge is 0.480 e. The zero-order valence-corrected chi connectivity index (χ0v) is 21.1. The number of fused-ring (bicyclic) bond motifs is 1. The molecule has 0 fully saturated rings. The number of Topliss-reactive ketones (excluding diaryl/α,β-unsaturated/α-hetero) is 1. The summed E-state index contributed by atoms with van der Waals surface area (Å²) in [6.45, 7) is 0.714. The minimum Gasteiger partial charge on any atom is -0.480 e. The normalized spacial score (nSPS) is 12.1. The molecule has 194 valence electrons. The van der Waals surface area contributed by atoms with Crippen LogP contribution in [0.5, 0.6) is 5.88 Å². The number of ether oxygens (including phenoxy) is 2. The van der Waals surface area contributed by atoms with Crippen LogP contribution >= 0.6 is 0 Å². The van der Waals surface area contributed by atoms with Gasteiger partial charge in [0.05, 0.1) is 49.4 Å². The van der Waals surface area contributed by atoms with Gasteiger partial charge in [-0.05, 0) is 32.6 Å². The van der Waals surface area contributed by atoms with Crippen molar-refractivity contribution in [1.82, 2.24) is 30.2 Å². The number of ketones is 1. The summed E-state index contributed by atoms with van der Waals surface area (Å²) in [6.07, 6.45) is 5.22. The molecule has 4 aromatic rings. The van der Waals surface area contributed by atoms with Crippen LogP contribution in [0.25, 0.3) is 22.2 Å². The molecule has 11 nitrogen and oxygen atoms in total. The molecule has 1 amide bonds. The molecule has 1 aromatic carbocycles. The predicted molar refractivity (Wildman–Crippen MR) is 136 cm³/mol. The van der Waals surface area contributed by atoms with Crippen molar-refractivity contribution in [1.29, 1.82) is 0 Å². The fourth-order valence-electron chi connectivity index (χ4n) is 3.82. The monoisotopic (exact) mass is 506 g/mol. The third kappa shape index (κ3) is 6.78. The van der Waals surface area contributed by atoms with E-state index in [0.717, 1.165) is 16.5 Å². The Hall–Kier alpha value is -4.09. The Morgan fingerprint density at radius 2 is 2.05 bits per heavy atom. The van der Waals surface area contributed by atoms with Gasteiger partial charge in [0.2, 0.25) is 17.6 Å². The maximum Gasteiger partial charge on any atom is 0.263 e. The van der Waals surface area contributed by atoms with Crippen LogP contribution in [0.1, 0.15) is 35.4 Å². The van der Waals surface area contributed by atoms with Crippen LogP contribution in [-0.4, -0.2) is 77.5 Å². The van der Waals surface area contributed by atoms with Crippen molar-refractivity contribution in [2.75, 3.05) is 41.0 Å². The number of aromatic amines is 1. The fraction of sp³-hybridized carbons (Fsp3) is 0.346. The lowest BCUT2D eigenvalue weighted by atomic mass is 10.1. The van der Waals surface area contributed by atoms with Gasteiger partial charge < -0.3 is 29.1 Å². The quantitative estimate of drug-likeness (QED) is 0.207. The summed E-state index contributed by atoms with van der Waals surface area (Å²) in [4.78, 5) is 42.6. The third-order valence-corrected chi connectivity index (χ3v) is 5.54. The van der Waals surface area contributed by atoms with Crippen LogP contribution in [0.15, 0.2) is 53.4 Å². The highest BCUT2D eigenvalue weighted by Crippen LogP contribution is 2.31. The lowest BCUT2D eigenvalue weighted by Gasteiger charge is -2.18. The molecule has 0 aliphatic carbocycles. The van der Waals surface area contributed by atoms with E-state index < -0.39 is 6.04 Å². The van der Waals surface area contributed by atoms with E-state index in [1.54, 1.807) is 18.2 Å². The van der Waals surface area contributed by atoms with Gasteiger partial charge in [-0.25, -0.2) is 15.0 Å². The van der Waals surface area contributed by atoms with Crippen LogP contribution in [0, 0.1) is 0 Å². The Kier molecular flexibility index (Phi) is 8.60. The zero-order chi connectivity index (χ0) is 26.2. The molecule has 37 heavy (non-hydrogen) atoms. The van der Waals surface area contributed by atoms with Crippen LogP contribution in [-0.2, 0) is 9.53 Å². The topological polar surface area (TPSA) is 135 Å². The van der Waals surface area contributed by atoms with Crippen LogP contribution < -0.4 is 10.1 Å². The molecule has 0 aliphatic heterocycles. The van der Waals surface area contributed by atoms with E-state index in [-0.39, 0.29) is 37.2 Å². The lowest BCUT2D eigenvalue weighted by molar-refractivity contribution is -0.123. The number of likely N-dealkylation sites (N-methyl/N-ethyl adjacent to an activating group) is 1. The molecular formula is C26H30N6O5. The number of rotatable bonds is 13. The van der Waals surface area contributed by atoms with Crippen LogP contribution in [0.4, 0.5) is 0 Å². The Labute approximate surface area is 214 Å². The van der Waals surface area contributed by atoms with E-state index in [2.05, 4.69) is 25.3 Å². The van der Waals surface area contributed by atoms with Crippen molar-refractivity contribution in [3.63, 3.8) is 0 Å².